The summed E-state index contributed by atoms with van der Waals surface area (Å²) in [5.74, 6) is 0.595. The van der Waals surface area contributed by atoms with Crippen LogP contribution in [0.2, 0.25) is 0 Å². The number of hydrogen-bond donors (Lipinski definition) is 0. The molecule has 1 unspecified atom stereocenters. The van der Waals surface area contributed by atoms with Gasteiger partial charge >= 0.3 is 6.09 Å². The second kappa shape index (κ2) is 6.57. The summed E-state index contributed by atoms with van der Waals surface area (Å²) in [6.07, 6.45) is 3.62. The van der Waals surface area contributed by atoms with Crippen molar-refractivity contribution in [1.29, 1.82) is 0 Å². The van der Waals surface area contributed by atoms with Crippen LogP contribution in [0, 0.1) is 0 Å². The molecule has 9 heteroatoms. The van der Waals surface area contributed by atoms with Crippen LogP contribution >= 0.6 is 0 Å². The number of carbonyl (C=O) groups is 1. The predicted octanol–water partition coefficient (Wildman–Crippen LogP) is 1.44. The molecule has 9 nitrogen and oxygen atoms in total. The fraction of sp³-hybridized carbons (Fsp3) is 0.526. The summed E-state index contributed by atoms with van der Waals surface area (Å²) < 4.78 is 7.06. The summed E-state index contributed by atoms with van der Waals surface area (Å²) in [5.41, 5.74) is 0.460. The highest BCUT2D eigenvalue weighted by Gasteiger charge is 2.47. The van der Waals surface area contributed by atoms with Crippen LogP contribution in [0.25, 0.3) is 11.4 Å². The topological polar surface area (TPSA) is 93.4 Å². The van der Waals surface area contributed by atoms with Gasteiger partial charge < -0.3 is 14.5 Å². The first-order valence-corrected chi connectivity index (χ1v) is 9.33. The van der Waals surface area contributed by atoms with Crippen LogP contribution in [0.4, 0.5) is 10.7 Å². The molecule has 2 aromatic heterocycles. The Morgan fingerprint density at radius 1 is 1.21 bits per heavy atom. The van der Waals surface area contributed by atoms with Gasteiger partial charge in [-0.25, -0.2) is 19.7 Å². The fourth-order valence-electron chi connectivity index (χ4n) is 3.81. The molecule has 0 spiro atoms. The zero-order chi connectivity index (χ0) is 20.1. The number of carbonyl (C=O) groups excluding carboxylic acids is 1. The smallest absolute Gasteiger partial charge is 0.410 e. The highest BCUT2D eigenvalue weighted by atomic mass is 16.6. The predicted molar refractivity (Wildman–Crippen MR) is 103 cm³/mol. The first-order valence-electron chi connectivity index (χ1n) is 9.33. The SMILES string of the molecule is Cn1c(N2CC3C[C@H]2CN3C(=O)OC(C)(C)C)nc(-c2ccncn2)cc1=O. The number of amides is 1. The maximum absolute atomic E-state index is 12.5. The molecule has 0 radical (unpaired) electrons. The van der Waals surface area contributed by atoms with Crippen LogP contribution in [0.15, 0.2) is 29.5 Å². The van der Waals surface area contributed by atoms with Crippen molar-refractivity contribution in [2.24, 2.45) is 7.05 Å². The number of aromatic nitrogens is 4. The van der Waals surface area contributed by atoms with E-state index in [-0.39, 0.29) is 23.7 Å². The maximum atomic E-state index is 12.5. The Morgan fingerprint density at radius 2 is 2.00 bits per heavy atom. The number of piperazine rings is 1. The lowest BCUT2D eigenvalue weighted by atomic mass is 10.2. The Kier molecular flexibility index (Phi) is 4.32. The number of rotatable bonds is 2. The minimum Gasteiger partial charge on any atom is -0.444 e. The van der Waals surface area contributed by atoms with E-state index in [0.29, 0.717) is 30.4 Å². The first-order chi connectivity index (χ1) is 13.2. The summed E-state index contributed by atoms with van der Waals surface area (Å²) in [6, 6.07) is 3.37. The summed E-state index contributed by atoms with van der Waals surface area (Å²) in [4.78, 5) is 41.7. The van der Waals surface area contributed by atoms with Gasteiger partial charge in [-0.1, -0.05) is 0 Å². The molecule has 2 aliphatic rings. The van der Waals surface area contributed by atoms with E-state index in [1.807, 2.05) is 20.8 Å². The molecule has 4 heterocycles. The van der Waals surface area contributed by atoms with Crippen molar-refractivity contribution < 1.29 is 9.53 Å². The van der Waals surface area contributed by atoms with Gasteiger partial charge in [-0.05, 0) is 33.3 Å². The third-order valence-corrected chi connectivity index (χ3v) is 5.08. The lowest BCUT2D eigenvalue weighted by molar-refractivity contribution is 0.0214. The largest absolute Gasteiger partial charge is 0.444 e. The van der Waals surface area contributed by atoms with Gasteiger partial charge in [0.15, 0.2) is 0 Å². The van der Waals surface area contributed by atoms with E-state index in [0.717, 1.165) is 6.42 Å². The van der Waals surface area contributed by atoms with Crippen molar-refractivity contribution in [3.05, 3.63) is 35.0 Å². The van der Waals surface area contributed by atoms with Crippen molar-refractivity contribution in [1.82, 2.24) is 24.4 Å². The minimum absolute atomic E-state index is 0.0551. The average molecular weight is 384 g/mol. The molecule has 2 aliphatic heterocycles. The van der Waals surface area contributed by atoms with Crippen molar-refractivity contribution in [3.8, 4) is 11.4 Å². The van der Waals surface area contributed by atoms with Gasteiger partial charge in [-0.2, -0.15) is 0 Å². The Hall–Kier alpha value is -2.97. The molecule has 1 amide bonds. The van der Waals surface area contributed by atoms with Gasteiger partial charge in [0.05, 0.1) is 23.5 Å². The first kappa shape index (κ1) is 18.4. The molecule has 0 N–H and O–H groups in total. The van der Waals surface area contributed by atoms with Crippen LogP contribution in [0.5, 0.6) is 0 Å². The quantitative estimate of drug-likeness (QED) is 0.773. The van der Waals surface area contributed by atoms with Crippen LogP contribution in [-0.4, -0.2) is 61.3 Å². The fourth-order valence-corrected chi connectivity index (χ4v) is 3.81. The molecule has 2 aromatic rings. The average Bonchev–Trinajstić information content (AvgIpc) is 3.24. The Balaban J connectivity index is 1.58. The Morgan fingerprint density at radius 3 is 2.61 bits per heavy atom. The lowest BCUT2D eigenvalue weighted by Gasteiger charge is -2.36. The molecule has 0 saturated carbocycles. The third kappa shape index (κ3) is 3.32. The van der Waals surface area contributed by atoms with E-state index in [9.17, 15) is 9.59 Å². The standard InChI is InChI=1S/C19H24N6O3/c1-19(2,3)28-18(27)25-10-12-7-13(25)9-24(12)17-22-15(8-16(26)23(17)4)14-5-6-20-11-21-14/h5-6,8,11-13H,7,9-10H2,1-4H3/t12-,13?/m0/s1. The number of ether oxygens (including phenoxy) is 1. The van der Waals surface area contributed by atoms with Gasteiger partial charge in [0.25, 0.3) is 5.56 Å². The van der Waals surface area contributed by atoms with Crippen LogP contribution in [0.3, 0.4) is 0 Å². The maximum Gasteiger partial charge on any atom is 0.410 e. The number of hydrogen-bond acceptors (Lipinski definition) is 7. The van der Waals surface area contributed by atoms with Crippen molar-refractivity contribution in [2.75, 3.05) is 18.0 Å². The zero-order valence-electron chi connectivity index (χ0n) is 16.5. The highest BCUT2D eigenvalue weighted by molar-refractivity contribution is 5.70. The molecule has 2 fully saturated rings. The summed E-state index contributed by atoms with van der Waals surface area (Å²) in [5, 5.41) is 0. The molecular weight excluding hydrogens is 360 g/mol. The van der Waals surface area contributed by atoms with E-state index in [2.05, 4.69) is 14.9 Å². The monoisotopic (exact) mass is 384 g/mol. The molecule has 4 rings (SSSR count). The summed E-state index contributed by atoms with van der Waals surface area (Å²) in [6.45, 7) is 6.78. The number of nitrogens with zero attached hydrogens (tertiary/aromatic N) is 6. The van der Waals surface area contributed by atoms with Gasteiger partial charge in [-0.3, -0.25) is 9.36 Å². The van der Waals surface area contributed by atoms with E-state index in [4.69, 9.17) is 9.72 Å². The zero-order valence-corrected chi connectivity index (χ0v) is 16.5. The number of anilines is 1. The molecule has 2 saturated heterocycles. The molecule has 0 aromatic carbocycles. The van der Waals surface area contributed by atoms with E-state index < -0.39 is 5.60 Å². The Labute approximate surface area is 163 Å². The normalized spacial score (nSPS) is 21.3. The molecule has 2 bridgehead atoms. The molecule has 148 valence electrons. The summed E-state index contributed by atoms with van der Waals surface area (Å²) >= 11 is 0. The van der Waals surface area contributed by atoms with Crippen molar-refractivity contribution in [2.45, 2.75) is 44.9 Å². The molecular formula is C19H24N6O3. The van der Waals surface area contributed by atoms with E-state index in [1.165, 1.54) is 12.4 Å². The van der Waals surface area contributed by atoms with Crippen LogP contribution in [-0.2, 0) is 11.8 Å². The van der Waals surface area contributed by atoms with E-state index >= 15 is 0 Å². The number of likely N-dealkylation sites (tertiary alicyclic amines) is 1. The molecule has 2 atom stereocenters. The highest BCUT2D eigenvalue weighted by Crippen LogP contribution is 2.34. The van der Waals surface area contributed by atoms with Crippen molar-refractivity contribution in [3.63, 3.8) is 0 Å². The second-order valence-electron chi connectivity index (χ2n) is 8.26. The molecule has 28 heavy (non-hydrogen) atoms. The van der Waals surface area contributed by atoms with Gasteiger partial charge in [0.1, 0.15) is 11.9 Å². The van der Waals surface area contributed by atoms with Crippen LogP contribution in [0.1, 0.15) is 27.2 Å². The van der Waals surface area contributed by atoms with Crippen LogP contribution < -0.4 is 10.5 Å². The third-order valence-electron chi connectivity index (χ3n) is 5.08. The van der Waals surface area contributed by atoms with Gasteiger partial charge in [0.2, 0.25) is 5.95 Å². The van der Waals surface area contributed by atoms with E-state index in [1.54, 1.807) is 28.8 Å². The van der Waals surface area contributed by atoms with Crippen molar-refractivity contribution >= 4 is 12.0 Å². The summed E-state index contributed by atoms with van der Waals surface area (Å²) in [7, 11) is 1.71. The number of fused-ring (bicyclic) bond motifs is 2. The minimum atomic E-state index is -0.518. The Bertz CT molecular complexity index is 952. The van der Waals surface area contributed by atoms with Gasteiger partial charge in [0, 0.05) is 32.4 Å². The second-order valence-corrected chi connectivity index (χ2v) is 8.26. The molecule has 0 aliphatic carbocycles. The van der Waals surface area contributed by atoms with Gasteiger partial charge in [-0.15, -0.1) is 0 Å². The lowest BCUT2D eigenvalue weighted by Crippen LogP contribution is -2.51.